The minimum atomic E-state index is -1.04. The Morgan fingerprint density at radius 2 is 1.08 bits per heavy atom. The van der Waals surface area contributed by atoms with E-state index in [0.717, 1.165) is 69.3 Å². The molecule has 3 aromatic rings. The van der Waals surface area contributed by atoms with Crippen LogP contribution in [0.5, 0.6) is 0 Å². The van der Waals surface area contributed by atoms with E-state index in [0.29, 0.717) is 44.8 Å². The van der Waals surface area contributed by atoms with Gasteiger partial charge < -0.3 is 34.2 Å². The summed E-state index contributed by atoms with van der Waals surface area (Å²) in [6.45, 7) is 16.9. The fourth-order valence-corrected chi connectivity index (χ4v) is 8.44. The Kier molecular flexibility index (Phi) is 15.7. The number of nitrogens with one attached hydrogen (secondary N) is 1. The fourth-order valence-electron chi connectivity index (χ4n) is 6.94. The number of hydrogen-bond acceptors (Lipinski definition) is 10. The van der Waals surface area contributed by atoms with E-state index in [-0.39, 0.29) is 31.3 Å². The number of H-pyrrole nitrogens is 1. The fraction of sp³-hybridized carbons (Fsp3) is 0.700. The lowest BCUT2D eigenvalue weighted by molar-refractivity contribution is -0.129. The Hall–Kier alpha value is -2.94. The second-order valence-electron chi connectivity index (χ2n) is 18.0. The molecule has 6 aliphatic rings. The third kappa shape index (κ3) is 12.8. The van der Waals surface area contributed by atoms with E-state index < -0.39 is 18.3 Å². The number of nitrogens with zero attached hydrogens (tertiary/aromatic N) is 8. The molecule has 0 unspecified atom stereocenters. The molecule has 0 radical (unpaired) electrons. The van der Waals surface area contributed by atoms with Gasteiger partial charge >= 0.3 is 19.3 Å². The minimum Gasteiger partial charge on any atom is -0.444 e. The first kappa shape index (κ1) is 48.1. The van der Waals surface area contributed by atoms with E-state index in [9.17, 15) is 14.4 Å². The maximum absolute atomic E-state index is 12.1. The Morgan fingerprint density at radius 1 is 0.667 bits per heavy atom. The first-order valence-corrected chi connectivity index (χ1v) is 22.9. The number of halogens is 3. The summed E-state index contributed by atoms with van der Waals surface area (Å²) in [6, 6.07) is 1.19. The van der Waals surface area contributed by atoms with Crippen LogP contribution in [0.4, 0.5) is 9.59 Å². The number of amides is 3. The topological polar surface area (TPSA) is 184 Å². The maximum atomic E-state index is 12.1. The van der Waals surface area contributed by atoms with Crippen LogP contribution in [-0.4, -0.2) is 111 Å². The molecule has 20 heteroatoms. The van der Waals surface area contributed by atoms with Crippen LogP contribution in [0.3, 0.4) is 0 Å². The average molecular weight is 1030 g/mol. The molecular formula is C40H61BBr3N9O7. The quantitative estimate of drug-likeness (QED) is 0.218. The zero-order valence-electron chi connectivity index (χ0n) is 35.1. The molecule has 3 saturated carbocycles. The third-order valence-corrected chi connectivity index (χ3v) is 12.5. The van der Waals surface area contributed by atoms with Gasteiger partial charge in [-0.15, -0.1) is 0 Å². The molecule has 3 amide bonds. The Balaban J connectivity index is 0.000000159. The molecule has 3 aliphatic carbocycles. The second-order valence-corrected chi connectivity index (χ2v) is 20.3. The molecule has 332 valence electrons. The van der Waals surface area contributed by atoms with Crippen LogP contribution in [0, 0.1) is 0 Å². The number of aromatic nitrogens is 6. The summed E-state index contributed by atoms with van der Waals surface area (Å²) in [5, 5.41) is 32.7. The number of carbonyl (C=O) groups is 3. The molecule has 9 rings (SSSR count). The Labute approximate surface area is 379 Å². The van der Waals surface area contributed by atoms with Crippen molar-refractivity contribution in [2.75, 3.05) is 19.6 Å². The zero-order chi connectivity index (χ0) is 43.0. The van der Waals surface area contributed by atoms with Crippen LogP contribution in [0.1, 0.15) is 140 Å². The molecule has 60 heavy (non-hydrogen) atoms. The Bertz CT molecular complexity index is 2000. The van der Waals surface area contributed by atoms with Crippen molar-refractivity contribution in [2.45, 2.75) is 162 Å². The highest BCUT2D eigenvalue weighted by Gasteiger charge is 2.36. The van der Waals surface area contributed by atoms with Crippen molar-refractivity contribution < 1.29 is 33.9 Å². The normalized spacial score (nSPS) is 18.1. The molecule has 0 spiro atoms. The van der Waals surface area contributed by atoms with Gasteiger partial charge in [0.2, 0.25) is 5.91 Å². The average Bonchev–Trinajstić information content (AvgIpc) is 4.06. The van der Waals surface area contributed by atoms with Crippen LogP contribution in [0.25, 0.3) is 0 Å². The van der Waals surface area contributed by atoms with Crippen molar-refractivity contribution in [1.82, 2.24) is 44.5 Å². The minimum absolute atomic E-state index is 0. The molecule has 3 N–H and O–H groups in total. The predicted octanol–water partition coefficient (Wildman–Crippen LogP) is 7.88. The SMILES string of the molecule is C.CC(=O)N1CCc2c(c(Br)nn2C2CC2)C1.CC(C)(C)OC(=O)N1CCc2[nH]nc(Br)c2C1.CC(C)(C)OC(=O)N1CCc2c(c(Br)nn2C2CC2)C1.OB(O)C1CC1. The van der Waals surface area contributed by atoms with Crippen molar-refractivity contribution in [3.05, 3.63) is 47.6 Å². The summed E-state index contributed by atoms with van der Waals surface area (Å²) in [7, 11) is -1.04. The molecule has 3 fully saturated rings. The van der Waals surface area contributed by atoms with E-state index in [1.807, 2.05) is 46.4 Å². The van der Waals surface area contributed by atoms with Crippen LogP contribution in [0.2, 0.25) is 5.82 Å². The van der Waals surface area contributed by atoms with Crippen molar-refractivity contribution in [1.29, 1.82) is 0 Å². The van der Waals surface area contributed by atoms with Gasteiger partial charge in [-0.2, -0.15) is 15.3 Å². The Morgan fingerprint density at radius 3 is 1.47 bits per heavy atom. The highest BCUT2D eigenvalue weighted by atomic mass is 79.9. The van der Waals surface area contributed by atoms with E-state index in [4.69, 9.17) is 19.5 Å². The summed E-state index contributed by atoms with van der Waals surface area (Å²) in [5.41, 5.74) is 6.17. The number of ether oxygens (including phenoxy) is 2. The molecule has 0 aromatic carbocycles. The lowest BCUT2D eigenvalue weighted by Crippen LogP contribution is -2.40. The van der Waals surface area contributed by atoms with Gasteiger partial charge in [-0.25, -0.2) is 9.59 Å². The van der Waals surface area contributed by atoms with Gasteiger partial charge in [0, 0.05) is 79.6 Å². The lowest BCUT2D eigenvalue weighted by Gasteiger charge is -2.30. The van der Waals surface area contributed by atoms with Gasteiger partial charge in [-0.3, -0.25) is 19.3 Å². The monoisotopic (exact) mass is 1030 g/mol. The molecule has 0 bridgehead atoms. The summed E-state index contributed by atoms with van der Waals surface area (Å²) < 4.78 is 17.7. The highest BCUT2D eigenvalue weighted by Crippen LogP contribution is 2.40. The van der Waals surface area contributed by atoms with Crippen LogP contribution >= 0.6 is 47.8 Å². The van der Waals surface area contributed by atoms with Crippen LogP contribution in [-0.2, 0) is 53.2 Å². The number of carbonyl (C=O) groups excluding carboxylic acids is 3. The maximum Gasteiger partial charge on any atom is 0.454 e. The largest absolute Gasteiger partial charge is 0.454 e. The van der Waals surface area contributed by atoms with Gasteiger partial charge in [-0.1, -0.05) is 20.3 Å². The van der Waals surface area contributed by atoms with Crippen LogP contribution in [0.15, 0.2) is 13.8 Å². The van der Waals surface area contributed by atoms with Crippen molar-refractivity contribution in [3.8, 4) is 0 Å². The van der Waals surface area contributed by atoms with Gasteiger partial charge in [0.1, 0.15) is 25.0 Å². The smallest absolute Gasteiger partial charge is 0.444 e. The zero-order valence-corrected chi connectivity index (χ0v) is 39.8. The van der Waals surface area contributed by atoms with E-state index in [1.54, 1.807) is 16.7 Å². The number of fused-ring (bicyclic) bond motifs is 3. The van der Waals surface area contributed by atoms with Crippen molar-refractivity contribution in [2.24, 2.45) is 0 Å². The third-order valence-electron chi connectivity index (χ3n) is 10.5. The number of hydrogen-bond donors (Lipinski definition) is 3. The van der Waals surface area contributed by atoms with E-state index >= 15 is 0 Å². The second kappa shape index (κ2) is 19.6. The molecule has 0 atom stereocenters. The molecule has 6 heterocycles. The number of rotatable bonds is 3. The summed E-state index contributed by atoms with van der Waals surface area (Å²) in [4.78, 5) is 40.8. The molecule has 0 saturated heterocycles. The first-order chi connectivity index (χ1) is 27.7. The van der Waals surface area contributed by atoms with Gasteiger partial charge in [0.15, 0.2) is 0 Å². The summed E-state index contributed by atoms with van der Waals surface area (Å²) in [5.74, 6) is 0.363. The summed E-state index contributed by atoms with van der Waals surface area (Å²) >= 11 is 10.4. The standard InChI is InChI=1S/C14H20BrN3O2.C11H16BrN3O2.C11H14BrN3O.C3H7BO2.CH4/c1-14(2,3)20-13(19)17-7-6-11-10(8-17)12(15)16-18(11)9-4-5-9;1-11(2,3)17-10(16)15-5-4-8-7(6-15)9(12)14-13-8;1-7(16)14-5-4-10-9(6-14)11(12)13-15(10)8-2-3-8;5-4(6)3-1-2-3;/h9H,4-8H2,1-3H3;4-6H2,1-3H3,(H,13,14);8H,2-6H2,1H3;3,5-6H,1-2H2;1H4. The van der Waals surface area contributed by atoms with Crippen molar-refractivity contribution >= 4 is 73.0 Å². The van der Waals surface area contributed by atoms with Gasteiger partial charge in [-0.05, 0) is 121 Å². The van der Waals surface area contributed by atoms with Gasteiger partial charge in [0.05, 0.1) is 31.7 Å². The predicted molar refractivity (Wildman–Crippen MR) is 238 cm³/mol. The van der Waals surface area contributed by atoms with Crippen molar-refractivity contribution in [3.63, 3.8) is 0 Å². The number of aromatic amines is 1. The molecule has 16 nitrogen and oxygen atoms in total. The van der Waals surface area contributed by atoms with Gasteiger partial charge in [0.25, 0.3) is 0 Å². The lowest BCUT2D eigenvalue weighted by atomic mass is 9.84. The van der Waals surface area contributed by atoms with Crippen LogP contribution < -0.4 is 0 Å². The highest BCUT2D eigenvalue weighted by molar-refractivity contribution is 9.11. The summed E-state index contributed by atoms with van der Waals surface area (Å²) in [6.07, 6.45) is 8.99. The molecule has 3 aliphatic heterocycles. The first-order valence-electron chi connectivity index (χ1n) is 20.5. The van der Waals surface area contributed by atoms with E-state index in [1.165, 1.54) is 42.6 Å². The van der Waals surface area contributed by atoms with E-state index in [2.05, 4.69) is 77.5 Å². The molecule has 3 aromatic heterocycles. The molecular weight excluding hydrogens is 969 g/mol.